The highest BCUT2D eigenvalue weighted by Crippen LogP contribution is 2.32. The predicted octanol–water partition coefficient (Wildman–Crippen LogP) is 4.59. The highest BCUT2D eigenvalue weighted by Gasteiger charge is 2.19. The fraction of sp³-hybridized carbons (Fsp3) is 0.367. The molecule has 2 aromatic heterocycles. The topological polar surface area (TPSA) is 84.8 Å². The van der Waals surface area contributed by atoms with Gasteiger partial charge in [0, 0.05) is 60.9 Å². The molecule has 1 N–H and O–H groups in total. The highest BCUT2D eigenvalue weighted by molar-refractivity contribution is 5.81. The minimum Gasteiger partial charge on any atom is -0.490 e. The van der Waals surface area contributed by atoms with Crippen LogP contribution in [0.15, 0.2) is 54.7 Å². The van der Waals surface area contributed by atoms with Gasteiger partial charge in [0.1, 0.15) is 5.65 Å². The van der Waals surface area contributed by atoms with Crippen LogP contribution in [-0.2, 0) is 11.2 Å². The van der Waals surface area contributed by atoms with Crippen LogP contribution in [-0.4, -0.2) is 76.7 Å². The summed E-state index contributed by atoms with van der Waals surface area (Å²) in [5, 5.41) is 4.25. The number of amides is 1. The summed E-state index contributed by atoms with van der Waals surface area (Å²) in [6, 6.07) is 16.0. The maximum Gasteiger partial charge on any atom is 0.229 e. The van der Waals surface area contributed by atoms with Crippen LogP contribution in [0.3, 0.4) is 0 Å². The second-order valence-corrected chi connectivity index (χ2v) is 9.77. The van der Waals surface area contributed by atoms with E-state index in [1.54, 1.807) is 0 Å². The number of carbonyl (C=O) groups excluding carboxylic acids is 1. The van der Waals surface area contributed by atoms with Gasteiger partial charge in [0.2, 0.25) is 11.9 Å². The first kappa shape index (κ1) is 26.5. The van der Waals surface area contributed by atoms with E-state index >= 15 is 0 Å². The minimum absolute atomic E-state index is 0.184. The van der Waals surface area contributed by atoms with Crippen molar-refractivity contribution < 1.29 is 14.3 Å². The van der Waals surface area contributed by atoms with Crippen molar-refractivity contribution in [3.63, 3.8) is 0 Å². The third-order valence-electron chi connectivity index (χ3n) is 6.93. The molecule has 1 amide bonds. The summed E-state index contributed by atoms with van der Waals surface area (Å²) in [5.41, 5.74) is 4.67. The zero-order chi connectivity index (χ0) is 27.4. The molecule has 1 aliphatic rings. The number of ether oxygens (including phenoxy) is 2. The smallest absolute Gasteiger partial charge is 0.229 e. The van der Waals surface area contributed by atoms with E-state index in [1.807, 2.05) is 55.3 Å². The Kier molecular flexibility index (Phi) is 7.97. The summed E-state index contributed by atoms with van der Waals surface area (Å²) in [5.74, 6) is 2.06. The second kappa shape index (κ2) is 11.7. The van der Waals surface area contributed by atoms with Crippen LogP contribution in [0.5, 0.6) is 11.5 Å². The molecule has 9 nitrogen and oxygen atoms in total. The molecule has 0 saturated carbocycles. The SMILES string of the molecule is CCOc1ccc(Nc2ncc3cc(C)n(-c4ccc(CC(=O)N5CCN(C)CC5)cc4)c3n2)cc1OCC. The Balaban J connectivity index is 1.35. The van der Waals surface area contributed by atoms with Crippen molar-refractivity contribution in [3.8, 4) is 17.2 Å². The minimum atomic E-state index is 0.184. The van der Waals surface area contributed by atoms with Gasteiger partial charge in [0.15, 0.2) is 11.5 Å². The molecule has 4 aromatic rings. The van der Waals surface area contributed by atoms with E-state index < -0.39 is 0 Å². The number of nitrogens with one attached hydrogen (secondary N) is 1. The molecule has 204 valence electrons. The molecule has 9 heteroatoms. The molecule has 0 bridgehead atoms. The molecule has 0 radical (unpaired) electrons. The molecular weight excluding hydrogens is 492 g/mol. The summed E-state index contributed by atoms with van der Waals surface area (Å²) < 4.78 is 13.5. The zero-order valence-corrected chi connectivity index (χ0v) is 23.1. The van der Waals surface area contributed by atoms with Gasteiger partial charge >= 0.3 is 0 Å². The average Bonchev–Trinajstić information content (AvgIpc) is 3.26. The van der Waals surface area contributed by atoms with Gasteiger partial charge < -0.3 is 24.6 Å². The quantitative estimate of drug-likeness (QED) is 0.340. The van der Waals surface area contributed by atoms with E-state index in [0.717, 1.165) is 59.8 Å². The van der Waals surface area contributed by atoms with Crippen molar-refractivity contribution in [2.45, 2.75) is 27.2 Å². The molecule has 2 aromatic carbocycles. The first-order valence-corrected chi connectivity index (χ1v) is 13.5. The summed E-state index contributed by atoms with van der Waals surface area (Å²) in [4.78, 5) is 26.4. The van der Waals surface area contributed by atoms with Crippen molar-refractivity contribution in [1.82, 2.24) is 24.3 Å². The molecule has 0 spiro atoms. The molecule has 1 aliphatic heterocycles. The Bertz CT molecular complexity index is 1440. The van der Waals surface area contributed by atoms with Gasteiger partial charge in [-0.05, 0) is 63.7 Å². The van der Waals surface area contributed by atoms with Crippen LogP contribution in [0.4, 0.5) is 11.6 Å². The lowest BCUT2D eigenvalue weighted by atomic mass is 10.1. The maximum absolute atomic E-state index is 12.8. The first-order valence-electron chi connectivity index (χ1n) is 13.5. The lowest BCUT2D eigenvalue weighted by Gasteiger charge is -2.32. The predicted molar refractivity (Wildman–Crippen MR) is 153 cm³/mol. The molecule has 0 atom stereocenters. The summed E-state index contributed by atoms with van der Waals surface area (Å²) in [7, 11) is 2.09. The number of likely N-dealkylation sites (N-methyl/N-ethyl adjacent to an activating group) is 1. The monoisotopic (exact) mass is 528 g/mol. The van der Waals surface area contributed by atoms with Crippen molar-refractivity contribution in [1.29, 1.82) is 0 Å². The van der Waals surface area contributed by atoms with Gasteiger partial charge in [0.25, 0.3) is 0 Å². The number of piperazine rings is 1. The Morgan fingerprint density at radius 2 is 1.67 bits per heavy atom. The number of aromatic nitrogens is 3. The van der Waals surface area contributed by atoms with Gasteiger partial charge in [0.05, 0.1) is 19.6 Å². The molecule has 1 saturated heterocycles. The maximum atomic E-state index is 12.8. The van der Waals surface area contributed by atoms with E-state index in [-0.39, 0.29) is 5.91 Å². The van der Waals surface area contributed by atoms with Gasteiger partial charge in [-0.25, -0.2) is 4.98 Å². The fourth-order valence-electron chi connectivity index (χ4n) is 4.87. The Morgan fingerprint density at radius 1 is 0.949 bits per heavy atom. The molecule has 1 fully saturated rings. The first-order chi connectivity index (χ1) is 18.9. The molecule has 5 rings (SSSR count). The van der Waals surface area contributed by atoms with E-state index in [9.17, 15) is 4.79 Å². The largest absolute Gasteiger partial charge is 0.490 e. The van der Waals surface area contributed by atoms with Crippen molar-refractivity contribution in [3.05, 3.63) is 66.0 Å². The van der Waals surface area contributed by atoms with E-state index in [4.69, 9.17) is 14.5 Å². The third kappa shape index (κ3) is 5.98. The standard InChI is InChI=1S/C30H36N6O3/c1-5-38-26-12-9-24(19-27(26)39-6-2)32-30-31-20-23-17-21(3)36(29(23)33-30)25-10-7-22(8-11-25)18-28(37)35-15-13-34(4)14-16-35/h7-12,17,19-20H,5-6,13-16,18H2,1-4H3,(H,31,32,33). The van der Waals surface area contributed by atoms with Gasteiger partial charge in [-0.15, -0.1) is 0 Å². The normalized spacial score (nSPS) is 14.0. The van der Waals surface area contributed by atoms with Crippen LogP contribution in [0.25, 0.3) is 16.7 Å². The number of hydrogen-bond acceptors (Lipinski definition) is 7. The van der Waals surface area contributed by atoms with Crippen LogP contribution in [0.1, 0.15) is 25.1 Å². The fourth-order valence-corrected chi connectivity index (χ4v) is 4.87. The summed E-state index contributed by atoms with van der Waals surface area (Å²) >= 11 is 0. The van der Waals surface area contributed by atoms with Crippen molar-refractivity contribution in [2.24, 2.45) is 0 Å². The number of rotatable bonds is 9. The summed E-state index contributed by atoms with van der Waals surface area (Å²) in [6.07, 6.45) is 2.24. The van der Waals surface area contributed by atoms with E-state index in [2.05, 4.69) is 51.9 Å². The highest BCUT2D eigenvalue weighted by atomic mass is 16.5. The number of anilines is 2. The number of aryl methyl sites for hydroxylation is 1. The van der Waals surface area contributed by atoms with E-state index in [1.165, 1.54) is 0 Å². The van der Waals surface area contributed by atoms with Gasteiger partial charge in [-0.1, -0.05) is 12.1 Å². The number of fused-ring (bicyclic) bond motifs is 1. The number of hydrogen-bond donors (Lipinski definition) is 1. The lowest BCUT2D eigenvalue weighted by molar-refractivity contribution is -0.132. The van der Waals surface area contributed by atoms with Crippen LogP contribution in [0.2, 0.25) is 0 Å². The van der Waals surface area contributed by atoms with Gasteiger partial charge in [-0.3, -0.25) is 9.36 Å². The van der Waals surface area contributed by atoms with Gasteiger partial charge in [-0.2, -0.15) is 4.98 Å². The number of benzene rings is 2. The van der Waals surface area contributed by atoms with Crippen molar-refractivity contribution >= 4 is 28.6 Å². The number of carbonyl (C=O) groups is 1. The van der Waals surface area contributed by atoms with Crippen LogP contribution < -0.4 is 14.8 Å². The van der Waals surface area contributed by atoms with E-state index in [0.29, 0.717) is 37.1 Å². The summed E-state index contributed by atoms with van der Waals surface area (Å²) in [6.45, 7) is 10.5. The van der Waals surface area contributed by atoms with Crippen LogP contribution in [0, 0.1) is 6.92 Å². The Morgan fingerprint density at radius 3 is 2.38 bits per heavy atom. The molecule has 3 heterocycles. The Hall–Kier alpha value is -4.11. The molecule has 0 aliphatic carbocycles. The van der Waals surface area contributed by atoms with Crippen molar-refractivity contribution in [2.75, 3.05) is 51.8 Å². The molecular formula is C30H36N6O3. The third-order valence-corrected chi connectivity index (χ3v) is 6.93. The second-order valence-electron chi connectivity index (χ2n) is 9.77. The average molecular weight is 529 g/mol. The molecule has 39 heavy (non-hydrogen) atoms. The molecule has 0 unspecified atom stereocenters. The zero-order valence-electron chi connectivity index (χ0n) is 23.1. The van der Waals surface area contributed by atoms with Crippen LogP contribution >= 0.6 is 0 Å². The lowest BCUT2D eigenvalue weighted by Crippen LogP contribution is -2.47. The number of nitrogens with zero attached hydrogens (tertiary/aromatic N) is 5. The Labute approximate surface area is 229 Å².